The van der Waals surface area contributed by atoms with Crippen molar-refractivity contribution in [1.82, 2.24) is 10.2 Å². The molecule has 1 saturated heterocycles. The number of hydrogen-bond acceptors (Lipinski definition) is 3. The SMILES string of the molecule is C[C@@H]1CN(C)[C@@H](C#CC(=O)O)CN1. The molecule has 1 fully saturated rings. The van der Waals surface area contributed by atoms with Crippen molar-refractivity contribution in [1.29, 1.82) is 0 Å². The van der Waals surface area contributed by atoms with Gasteiger partial charge in [0, 0.05) is 25.1 Å². The summed E-state index contributed by atoms with van der Waals surface area (Å²) in [6.07, 6.45) is 0. The van der Waals surface area contributed by atoms with Crippen molar-refractivity contribution in [3.63, 3.8) is 0 Å². The number of nitrogens with zero attached hydrogens (tertiary/aromatic N) is 1. The van der Waals surface area contributed by atoms with E-state index in [1.165, 1.54) is 0 Å². The molecule has 0 bridgehead atoms. The van der Waals surface area contributed by atoms with Gasteiger partial charge in [0.15, 0.2) is 0 Å². The molecule has 0 amide bonds. The number of rotatable bonds is 0. The summed E-state index contributed by atoms with van der Waals surface area (Å²) in [4.78, 5) is 12.3. The quantitative estimate of drug-likeness (QED) is 0.490. The second-order valence-electron chi connectivity index (χ2n) is 3.34. The first kappa shape index (κ1) is 10.0. The van der Waals surface area contributed by atoms with Gasteiger partial charge in [-0.3, -0.25) is 4.90 Å². The zero-order valence-electron chi connectivity index (χ0n) is 7.87. The Hall–Kier alpha value is -1.05. The highest BCUT2D eigenvalue weighted by molar-refractivity contribution is 5.86. The summed E-state index contributed by atoms with van der Waals surface area (Å²) < 4.78 is 0. The van der Waals surface area contributed by atoms with Gasteiger partial charge in [0.25, 0.3) is 0 Å². The van der Waals surface area contributed by atoms with Crippen molar-refractivity contribution in [2.45, 2.75) is 19.0 Å². The minimum absolute atomic E-state index is 0.0206. The Kier molecular flexibility index (Phi) is 3.29. The lowest BCUT2D eigenvalue weighted by Gasteiger charge is -2.33. The molecule has 13 heavy (non-hydrogen) atoms. The van der Waals surface area contributed by atoms with Gasteiger partial charge in [-0.25, -0.2) is 4.79 Å². The molecule has 0 aliphatic carbocycles. The maximum atomic E-state index is 10.2. The van der Waals surface area contributed by atoms with E-state index >= 15 is 0 Å². The average Bonchev–Trinajstić information content (AvgIpc) is 2.02. The lowest BCUT2D eigenvalue weighted by Crippen LogP contribution is -2.53. The van der Waals surface area contributed by atoms with Crippen molar-refractivity contribution in [3.05, 3.63) is 0 Å². The highest BCUT2D eigenvalue weighted by Gasteiger charge is 2.20. The minimum atomic E-state index is -1.06. The molecule has 0 unspecified atom stereocenters. The van der Waals surface area contributed by atoms with Gasteiger partial charge in [-0.05, 0) is 14.0 Å². The first-order valence-corrected chi connectivity index (χ1v) is 4.27. The van der Waals surface area contributed by atoms with Crippen molar-refractivity contribution < 1.29 is 9.90 Å². The van der Waals surface area contributed by atoms with Gasteiger partial charge in [-0.15, -0.1) is 0 Å². The molecule has 4 nitrogen and oxygen atoms in total. The highest BCUT2D eigenvalue weighted by atomic mass is 16.4. The molecular formula is C9H14N2O2. The number of piperazine rings is 1. The molecule has 0 aromatic rings. The summed E-state index contributed by atoms with van der Waals surface area (Å²) in [5, 5.41) is 11.6. The lowest BCUT2D eigenvalue weighted by atomic mass is 10.1. The fourth-order valence-corrected chi connectivity index (χ4v) is 1.40. The zero-order chi connectivity index (χ0) is 9.84. The predicted octanol–water partition coefficient (Wildman–Crippen LogP) is -0.633. The Morgan fingerprint density at radius 1 is 1.69 bits per heavy atom. The largest absolute Gasteiger partial charge is 0.472 e. The Morgan fingerprint density at radius 2 is 2.38 bits per heavy atom. The summed E-state index contributed by atoms with van der Waals surface area (Å²) in [5.41, 5.74) is 0. The van der Waals surface area contributed by atoms with Gasteiger partial charge in [-0.1, -0.05) is 5.92 Å². The Labute approximate surface area is 77.9 Å². The molecule has 0 saturated carbocycles. The third-order valence-corrected chi connectivity index (χ3v) is 2.10. The summed E-state index contributed by atoms with van der Waals surface area (Å²) in [7, 11) is 1.96. The molecule has 72 valence electrons. The molecule has 1 rings (SSSR count). The van der Waals surface area contributed by atoms with Gasteiger partial charge < -0.3 is 10.4 Å². The first-order chi connectivity index (χ1) is 6.09. The Morgan fingerprint density at radius 3 is 2.92 bits per heavy atom. The van der Waals surface area contributed by atoms with Crippen LogP contribution < -0.4 is 5.32 Å². The number of carboxylic acids is 1. The van der Waals surface area contributed by atoms with Crippen LogP contribution in [-0.4, -0.2) is 48.2 Å². The van der Waals surface area contributed by atoms with Crippen molar-refractivity contribution in [2.24, 2.45) is 0 Å². The van der Waals surface area contributed by atoms with Crippen LogP contribution in [0.2, 0.25) is 0 Å². The van der Waals surface area contributed by atoms with Crippen molar-refractivity contribution in [3.8, 4) is 11.8 Å². The van der Waals surface area contributed by atoms with Gasteiger partial charge >= 0.3 is 5.97 Å². The van der Waals surface area contributed by atoms with Crippen LogP contribution in [0.15, 0.2) is 0 Å². The maximum absolute atomic E-state index is 10.2. The van der Waals surface area contributed by atoms with E-state index in [1.54, 1.807) is 0 Å². The molecule has 1 aliphatic heterocycles. The van der Waals surface area contributed by atoms with Gasteiger partial charge in [0.1, 0.15) is 0 Å². The standard InChI is InChI=1S/C9H14N2O2/c1-7-6-11(2)8(5-10-7)3-4-9(12)13/h7-8,10H,5-6H2,1-2H3,(H,12,13)/t7-,8+/m1/s1. The van der Waals surface area contributed by atoms with Crippen molar-refractivity contribution >= 4 is 5.97 Å². The molecule has 0 aromatic heterocycles. The molecule has 1 heterocycles. The molecule has 1 aliphatic rings. The average molecular weight is 182 g/mol. The number of aliphatic carboxylic acids is 1. The smallest absolute Gasteiger partial charge is 0.381 e. The second-order valence-corrected chi connectivity index (χ2v) is 3.34. The second kappa shape index (κ2) is 4.26. The lowest BCUT2D eigenvalue weighted by molar-refractivity contribution is -0.130. The van der Waals surface area contributed by atoms with E-state index in [9.17, 15) is 4.79 Å². The van der Waals surface area contributed by atoms with Crippen LogP contribution in [0.3, 0.4) is 0 Å². The number of hydrogen-bond donors (Lipinski definition) is 2. The van der Waals surface area contributed by atoms with E-state index < -0.39 is 5.97 Å². The van der Waals surface area contributed by atoms with E-state index in [0.717, 1.165) is 13.1 Å². The van der Waals surface area contributed by atoms with Crippen LogP contribution in [0, 0.1) is 11.8 Å². The summed E-state index contributed by atoms with van der Waals surface area (Å²) in [5.74, 6) is 3.79. The van der Waals surface area contributed by atoms with Crippen molar-refractivity contribution in [2.75, 3.05) is 20.1 Å². The Balaban J connectivity index is 2.53. The molecule has 2 N–H and O–H groups in total. The van der Waals surface area contributed by atoms with Crippen LogP contribution >= 0.6 is 0 Å². The fraction of sp³-hybridized carbons (Fsp3) is 0.667. The number of carboxylic acid groups (broad SMARTS) is 1. The summed E-state index contributed by atoms with van der Waals surface area (Å²) in [6, 6.07) is 0.472. The summed E-state index contributed by atoms with van der Waals surface area (Å²) >= 11 is 0. The van der Waals surface area contributed by atoms with E-state index in [1.807, 2.05) is 7.05 Å². The molecule has 4 heteroatoms. The predicted molar refractivity (Wildman–Crippen MR) is 49.3 cm³/mol. The monoisotopic (exact) mass is 182 g/mol. The van der Waals surface area contributed by atoms with E-state index in [2.05, 4.69) is 29.0 Å². The number of nitrogens with one attached hydrogen (secondary N) is 1. The first-order valence-electron chi connectivity index (χ1n) is 4.27. The van der Waals surface area contributed by atoms with E-state index in [-0.39, 0.29) is 6.04 Å². The third-order valence-electron chi connectivity index (χ3n) is 2.10. The topological polar surface area (TPSA) is 52.6 Å². The highest BCUT2D eigenvalue weighted by Crippen LogP contribution is 2.02. The van der Waals surface area contributed by atoms with Crippen LogP contribution in [0.4, 0.5) is 0 Å². The van der Waals surface area contributed by atoms with E-state index in [0.29, 0.717) is 6.04 Å². The zero-order valence-corrected chi connectivity index (χ0v) is 7.87. The van der Waals surface area contributed by atoms with Crippen LogP contribution in [0.25, 0.3) is 0 Å². The summed E-state index contributed by atoms with van der Waals surface area (Å²) in [6.45, 7) is 3.73. The minimum Gasteiger partial charge on any atom is -0.472 e. The van der Waals surface area contributed by atoms with Crippen LogP contribution in [0.5, 0.6) is 0 Å². The molecule has 0 aromatic carbocycles. The molecule has 0 spiro atoms. The van der Waals surface area contributed by atoms with Gasteiger partial charge in [-0.2, -0.15) is 0 Å². The molecule has 0 radical (unpaired) electrons. The molecule has 2 atom stereocenters. The Bertz CT molecular complexity index is 254. The fourth-order valence-electron chi connectivity index (χ4n) is 1.40. The van der Waals surface area contributed by atoms with E-state index in [4.69, 9.17) is 5.11 Å². The molecular weight excluding hydrogens is 168 g/mol. The number of likely N-dealkylation sites (N-methyl/N-ethyl adjacent to an activating group) is 1. The van der Waals surface area contributed by atoms with Gasteiger partial charge in [0.05, 0.1) is 6.04 Å². The maximum Gasteiger partial charge on any atom is 0.381 e. The third kappa shape index (κ3) is 3.05. The number of carbonyl (C=O) groups is 1. The van der Waals surface area contributed by atoms with Gasteiger partial charge in [0.2, 0.25) is 0 Å². The van der Waals surface area contributed by atoms with Crippen LogP contribution in [0.1, 0.15) is 6.92 Å². The van der Waals surface area contributed by atoms with Crippen LogP contribution in [-0.2, 0) is 4.79 Å². The normalized spacial score (nSPS) is 29.1.